The fraction of sp³-hybridized carbons (Fsp3) is 0.250. The minimum absolute atomic E-state index is 0.308. The monoisotopic (exact) mass is 347 g/mol. The first-order valence-electron chi connectivity index (χ1n) is 7.12. The predicted molar refractivity (Wildman–Crippen MR) is 91.9 cm³/mol. The number of hydrogen-bond acceptors (Lipinski definition) is 6. The molecule has 0 saturated heterocycles. The molecule has 0 bridgehead atoms. The molecule has 1 aromatic carbocycles. The Kier molecular flexibility index (Phi) is 4.30. The predicted octanol–water partition coefficient (Wildman–Crippen LogP) is 2.98. The van der Waals surface area contributed by atoms with Gasteiger partial charge in [0.2, 0.25) is 5.75 Å². The van der Waals surface area contributed by atoms with Gasteiger partial charge in [0, 0.05) is 35.1 Å². The van der Waals surface area contributed by atoms with Crippen LogP contribution in [0.15, 0.2) is 24.5 Å². The molecule has 3 rings (SSSR count). The molecular weight excluding hydrogens is 330 g/mol. The Morgan fingerprint density at radius 2 is 1.79 bits per heavy atom. The van der Waals surface area contributed by atoms with E-state index < -0.39 is 0 Å². The first kappa shape index (κ1) is 16.1. The van der Waals surface area contributed by atoms with Crippen molar-refractivity contribution in [3.63, 3.8) is 0 Å². The number of aromatic nitrogens is 2. The molecule has 0 aliphatic rings. The van der Waals surface area contributed by atoms with Crippen LogP contribution in [-0.2, 0) is 0 Å². The lowest BCUT2D eigenvalue weighted by molar-refractivity contribution is 0.102. The normalized spacial score (nSPS) is 10.7. The Labute approximate surface area is 142 Å². The molecule has 24 heavy (non-hydrogen) atoms. The van der Waals surface area contributed by atoms with Gasteiger partial charge in [-0.1, -0.05) is 0 Å². The van der Waals surface area contributed by atoms with Crippen LogP contribution >= 0.6 is 11.3 Å². The molecule has 1 N–H and O–H groups in total. The molecule has 0 aliphatic carbocycles. The standard InChI is InChI=1S/C16H17N3O4S/c1-9-7-19-8-11(18-16(19)24-9)15(20)17-10-5-12(21-2)14(23-4)13(6-10)22-3/h5-8H,1-4H3,(H,17,20). The van der Waals surface area contributed by atoms with Crippen molar-refractivity contribution in [2.24, 2.45) is 0 Å². The van der Waals surface area contributed by atoms with Gasteiger partial charge in [-0.25, -0.2) is 4.98 Å². The highest BCUT2D eigenvalue weighted by molar-refractivity contribution is 7.17. The second-order valence-corrected chi connectivity index (χ2v) is 6.24. The van der Waals surface area contributed by atoms with E-state index in [1.54, 1.807) is 18.3 Å². The summed E-state index contributed by atoms with van der Waals surface area (Å²) in [5, 5.41) is 2.80. The van der Waals surface area contributed by atoms with Crippen molar-refractivity contribution in [3.8, 4) is 17.2 Å². The Hall–Kier alpha value is -2.74. The van der Waals surface area contributed by atoms with Gasteiger partial charge in [-0.3, -0.25) is 9.20 Å². The maximum atomic E-state index is 12.4. The number of imidazole rings is 1. The lowest BCUT2D eigenvalue weighted by Crippen LogP contribution is -2.12. The number of nitrogens with zero attached hydrogens (tertiary/aromatic N) is 2. The largest absolute Gasteiger partial charge is 0.493 e. The van der Waals surface area contributed by atoms with E-state index in [0.717, 1.165) is 9.84 Å². The number of thiazole rings is 1. The molecule has 1 amide bonds. The molecule has 0 aliphatic heterocycles. The number of aryl methyl sites for hydroxylation is 1. The molecule has 126 valence electrons. The van der Waals surface area contributed by atoms with Crippen molar-refractivity contribution in [3.05, 3.63) is 35.1 Å². The Bertz CT molecular complexity index is 843. The molecule has 7 nitrogen and oxygen atoms in total. The van der Waals surface area contributed by atoms with Crippen LogP contribution < -0.4 is 19.5 Å². The lowest BCUT2D eigenvalue weighted by atomic mass is 10.2. The molecule has 3 aromatic rings. The maximum Gasteiger partial charge on any atom is 0.275 e. The Morgan fingerprint density at radius 1 is 1.12 bits per heavy atom. The van der Waals surface area contributed by atoms with Gasteiger partial charge in [0.05, 0.1) is 21.3 Å². The smallest absolute Gasteiger partial charge is 0.275 e. The first-order chi connectivity index (χ1) is 11.5. The molecular formula is C16H17N3O4S. The Morgan fingerprint density at radius 3 is 2.33 bits per heavy atom. The van der Waals surface area contributed by atoms with Crippen LogP contribution in [0.25, 0.3) is 4.96 Å². The summed E-state index contributed by atoms with van der Waals surface area (Å²) >= 11 is 1.53. The van der Waals surface area contributed by atoms with Crippen LogP contribution in [-0.4, -0.2) is 36.6 Å². The summed E-state index contributed by atoms with van der Waals surface area (Å²) in [4.78, 5) is 18.7. The van der Waals surface area contributed by atoms with Crippen LogP contribution in [0.1, 0.15) is 15.4 Å². The van der Waals surface area contributed by atoms with Crippen LogP contribution in [0.4, 0.5) is 5.69 Å². The SMILES string of the molecule is COc1cc(NC(=O)c2cn3cc(C)sc3n2)cc(OC)c1OC. The van der Waals surface area contributed by atoms with E-state index in [1.807, 2.05) is 17.5 Å². The van der Waals surface area contributed by atoms with Crippen LogP contribution in [0.5, 0.6) is 17.2 Å². The van der Waals surface area contributed by atoms with E-state index in [1.165, 1.54) is 32.7 Å². The van der Waals surface area contributed by atoms with Crippen molar-refractivity contribution in [1.29, 1.82) is 0 Å². The highest BCUT2D eigenvalue weighted by atomic mass is 32.1. The van der Waals surface area contributed by atoms with Crippen molar-refractivity contribution in [2.75, 3.05) is 26.6 Å². The second-order valence-electron chi connectivity index (χ2n) is 5.03. The number of carbonyl (C=O) groups excluding carboxylic acids is 1. The Balaban J connectivity index is 1.89. The molecule has 0 unspecified atom stereocenters. The summed E-state index contributed by atoms with van der Waals surface area (Å²) in [5.74, 6) is 1.09. The highest BCUT2D eigenvalue weighted by Crippen LogP contribution is 2.40. The van der Waals surface area contributed by atoms with Crippen molar-refractivity contribution >= 4 is 27.9 Å². The van der Waals surface area contributed by atoms with Gasteiger partial charge in [-0.15, -0.1) is 11.3 Å². The van der Waals surface area contributed by atoms with Crippen molar-refractivity contribution in [2.45, 2.75) is 6.92 Å². The number of hydrogen-bond donors (Lipinski definition) is 1. The fourth-order valence-electron chi connectivity index (χ4n) is 2.37. The lowest BCUT2D eigenvalue weighted by Gasteiger charge is -2.14. The van der Waals surface area contributed by atoms with E-state index >= 15 is 0 Å². The van der Waals surface area contributed by atoms with E-state index in [0.29, 0.717) is 28.6 Å². The second kappa shape index (κ2) is 6.40. The van der Waals surface area contributed by atoms with E-state index in [2.05, 4.69) is 10.3 Å². The average molecular weight is 347 g/mol. The van der Waals surface area contributed by atoms with Gasteiger partial charge in [-0.05, 0) is 6.92 Å². The minimum atomic E-state index is -0.308. The molecule has 2 heterocycles. The maximum absolute atomic E-state index is 12.4. The van der Waals surface area contributed by atoms with Crippen LogP contribution in [0.2, 0.25) is 0 Å². The number of carbonyl (C=O) groups is 1. The van der Waals surface area contributed by atoms with Crippen molar-refractivity contribution < 1.29 is 19.0 Å². The molecule has 0 fully saturated rings. The molecule has 0 radical (unpaired) electrons. The minimum Gasteiger partial charge on any atom is -0.493 e. The number of fused-ring (bicyclic) bond motifs is 1. The molecule has 0 atom stereocenters. The zero-order valence-electron chi connectivity index (χ0n) is 13.7. The van der Waals surface area contributed by atoms with Gasteiger partial charge >= 0.3 is 0 Å². The summed E-state index contributed by atoms with van der Waals surface area (Å²) in [6.07, 6.45) is 3.63. The molecule has 0 spiro atoms. The summed E-state index contributed by atoms with van der Waals surface area (Å²) in [5.41, 5.74) is 0.872. The van der Waals surface area contributed by atoms with Gasteiger partial charge < -0.3 is 19.5 Å². The summed E-state index contributed by atoms with van der Waals surface area (Å²) in [6.45, 7) is 2.00. The van der Waals surface area contributed by atoms with Gasteiger partial charge in [0.25, 0.3) is 5.91 Å². The van der Waals surface area contributed by atoms with Crippen molar-refractivity contribution in [1.82, 2.24) is 9.38 Å². The highest BCUT2D eigenvalue weighted by Gasteiger charge is 2.17. The number of benzene rings is 1. The fourth-order valence-corrected chi connectivity index (χ4v) is 3.18. The van der Waals surface area contributed by atoms with E-state index in [4.69, 9.17) is 14.2 Å². The molecule has 8 heteroatoms. The summed E-state index contributed by atoms with van der Waals surface area (Å²) in [7, 11) is 4.57. The third-order valence-corrected chi connectivity index (χ3v) is 4.34. The van der Waals surface area contributed by atoms with E-state index in [9.17, 15) is 4.79 Å². The zero-order valence-corrected chi connectivity index (χ0v) is 14.6. The first-order valence-corrected chi connectivity index (χ1v) is 7.94. The third kappa shape index (κ3) is 2.88. The number of rotatable bonds is 5. The number of amides is 1. The number of anilines is 1. The third-order valence-electron chi connectivity index (χ3n) is 3.43. The molecule has 0 saturated carbocycles. The average Bonchev–Trinajstić information content (AvgIpc) is 3.11. The number of ether oxygens (including phenoxy) is 3. The summed E-state index contributed by atoms with van der Waals surface area (Å²) < 4.78 is 17.7. The quantitative estimate of drug-likeness (QED) is 0.768. The van der Waals surface area contributed by atoms with Crippen LogP contribution in [0.3, 0.4) is 0 Å². The van der Waals surface area contributed by atoms with Gasteiger partial charge in [-0.2, -0.15) is 0 Å². The van der Waals surface area contributed by atoms with Gasteiger partial charge in [0.1, 0.15) is 5.69 Å². The molecule has 2 aromatic heterocycles. The van der Waals surface area contributed by atoms with Crippen LogP contribution in [0, 0.1) is 6.92 Å². The zero-order chi connectivity index (χ0) is 17.3. The van der Waals surface area contributed by atoms with Gasteiger partial charge in [0.15, 0.2) is 16.5 Å². The number of methoxy groups -OCH3 is 3. The summed E-state index contributed by atoms with van der Waals surface area (Å²) in [6, 6.07) is 3.34. The van der Waals surface area contributed by atoms with E-state index in [-0.39, 0.29) is 5.91 Å². The number of nitrogens with one attached hydrogen (secondary N) is 1. The topological polar surface area (TPSA) is 74.1 Å².